The Morgan fingerprint density at radius 1 is 1.25 bits per heavy atom. The third kappa shape index (κ3) is 3.44. The maximum atomic E-state index is 12.4. The van der Waals surface area contributed by atoms with Crippen LogP contribution >= 0.6 is 23.2 Å². The second kappa shape index (κ2) is 6.46. The number of methoxy groups -OCH3 is 1. The van der Waals surface area contributed by atoms with E-state index >= 15 is 0 Å². The van der Waals surface area contributed by atoms with E-state index in [2.05, 4.69) is 0 Å². The standard InChI is InChI=1S/C14H15Cl2NO3/c1-20-14(19)9-3-2-4-17(8-9)13(18)10-5-11(15)7-12(16)6-10/h5-7,9H,2-4,8H2,1H3. The van der Waals surface area contributed by atoms with E-state index in [4.69, 9.17) is 27.9 Å². The maximum Gasteiger partial charge on any atom is 0.310 e. The first-order valence-electron chi connectivity index (χ1n) is 6.34. The van der Waals surface area contributed by atoms with Gasteiger partial charge in [0.2, 0.25) is 0 Å². The molecule has 2 rings (SSSR count). The van der Waals surface area contributed by atoms with Gasteiger partial charge in [0, 0.05) is 28.7 Å². The monoisotopic (exact) mass is 315 g/mol. The summed E-state index contributed by atoms with van der Waals surface area (Å²) in [6.07, 6.45) is 1.52. The van der Waals surface area contributed by atoms with Crippen LogP contribution < -0.4 is 0 Å². The van der Waals surface area contributed by atoms with Gasteiger partial charge in [-0.05, 0) is 31.0 Å². The minimum atomic E-state index is -0.272. The highest BCUT2D eigenvalue weighted by Gasteiger charge is 2.29. The molecule has 1 fully saturated rings. The van der Waals surface area contributed by atoms with E-state index in [0.717, 1.165) is 12.8 Å². The van der Waals surface area contributed by atoms with Crippen molar-refractivity contribution in [2.45, 2.75) is 12.8 Å². The Labute approximate surface area is 127 Å². The Balaban J connectivity index is 2.14. The summed E-state index contributed by atoms with van der Waals surface area (Å²) in [5.41, 5.74) is 0.438. The van der Waals surface area contributed by atoms with Crippen LogP contribution in [0.4, 0.5) is 0 Å². The molecule has 1 aromatic carbocycles. The van der Waals surface area contributed by atoms with E-state index in [1.165, 1.54) is 7.11 Å². The van der Waals surface area contributed by atoms with Gasteiger partial charge in [-0.3, -0.25) is 9.59 Å². The summed E-state index contributed by atoms with van der Waals surface area (Å²) in [6.45, 7) is 0.992. The molecule has 1 atom stereocenters. The predicted molar refractivity (Wildman–Crippen MR) is 77.1 cm³/mol. The molecule has 1 aromatic rings. The average molecular weight is 316 g/mol. The largest absolute Gasteiger partial charge is 0.469 e. The smallest absolute Gasteiger partial charge is 0.310 e. The summed E-state index contributed by atoms with van der Waals surface area (Å²) in [5.74, 6) is -0.693. The predicted octanol–water partition coefficient (Wildman–Crippen LogP) is 3.02. The molecule has 0 bridgehead atoms. The zero-order chi connectivity index (χ0) is 14.7. The molecule has 0 aliphatic carbocycles. The van der Waals surface area contributed by atoms with Crippen LogP contribution in [-0.4, -0.2) is 37.0 Å². The maximum absolute atomic E-state index is 12.4. The molecular formula is C14H15Cl2NO3. The Bertz CT molecular complexity index is 513. The Morgan fingerprint density at radius 2 is 1.90 bits per heavy atom. The molecule has 0 spiro atoms. The first-order chi connectivity index (χ1) is 9.51. The lowest BCUT2D eigenvalue weighted by atomic mass is 9.97. The Kier molecular flexibility index (Phi) is 4.89. The van der Waals surface area contributed by atoms with Gasteiger partial charge in [-0.2, -0.15) is 0 Å². The van der Waals surface area contributed by atoms with Gasteiger partial charge in [-0.1, -0.05) is 23.2 Å². The van der Waals surface area contributed by atoms with Crippen molar-refractivity contribution in [1.29, 1.82) is 0 Å². The minimum absolute atomic E-state index is 0.164. The van der Waals surface area contributed by atoms with E-state index in [9.17, 15) is 9.59 Å². The quantitative estimate of drug-likeness (QED) is 0.788. The minimum Gasteiger partial charge on any atom is -0.469 e. The van der Waals surface area contributed by atoms with Crippen molar-refractivity contribution in [3.63, 3.8) is 0 Å². The van der Waals surface area contributed by atoms with Crippen molar-refractivity contribution < 1.29 is 14.3 Å². The topological polar surface area (TPSA) is 46.6 Å². The van der Waals surface area contributed by atoms with Crippen molar-refractivity contribution in [2.75, 3.05) is 20.2 Å². The number of rotatable bonds is 2. The second-order valence-corrected chi connectivity index (χ2v) is 5.64. The number of benzene rings is 1. The van der Waals surface area contributed by atoms with Gasteiger partial charge >= 0.3 is 5.97 Å². The van der Waals surface area contributed by atoms with Crippen molar-refractivity contribution in [3.05, 3.63) is 33.8 Å². The van der Waals surface area contributed by atoms with Gasteiger partial charge in [-0.15, -0.1) is 0 Å². The molecule has 20 heavy (non-hydrogen) atoms. The van der Waals surface area contributed by atoms with Crippen LogP contribution in [0.15, 0.2) is 18.2 Å². The first-order valence-corrected chi connectivity index (χ1v) is 7.10. The molecule has 1 heterocycles. The van der Waals surface area contributed by atoms with Crippen LogP contribution in [0.25, 0.3) is 0 Å². The fourth-order valence-electron chi connectivity index (χ4n) is 2.38. The van der Waals surface area contributed by atoms with Crippen molar-refractivity contribution in [2.24, 2.45) is 5.92 Å². The molecule has 1 aliphatic rings. The van der Waals surface area contributed by atoms with Crippen LogP contribution in [-0.2, 0) is 9.53 Å². The molecule has 1 saturated heterocycles. The van der Waals surface area contributed by atoms with Crippen LogP contribution in [0.2, 0.25) is 10.0 Å². The molecule has 0 radical (unpaired) electrons. The zero-order valence-electron chi connectivity index (χ0n) is 11.1. The zero-order valence-corrected chi connectivity index (χ0v) is 12.6. The van der Waals surface area contributed by atoms with Gasteiger partial charge < -0.3 is 9.64 Å². The molecule has 108 valence electrons. The van der Waals surface area contributed by atoms with Crippen molar-refractivity contribution in [1.82, 2.24) is 4.90 Å². The lowest BCUT2D eigenvalue weighted by molar-refractivity contribution is -0.146. The van der Waals surface area contributed by atoms with Crippen LogP contribution in [0.5, 0.6) is 0 Å². The van der Waals surface area contributed by atoms with E-state index in [0.29, 0.717) is 28.7 Å². The number of nitrogens with zero attached hydrogens (tertiary/aromatic N) is 1. The third-order valence-corrected chi connectivity index (χ3v) is 3.79. The molecule has 0 saturated carbocycles. The van der Waals surface area contributed by atoms with Crippen molar-refractivity contribution >= 4 is 35.1 Å². The number of esters is 1. The van der Waals surface area contributed by atoms with Crippen LogP contribution in [0.1, 0.15) is 23.2 Å². The summed E-state index contributed by atoms with van der Waals surface area (Å²) >= 11 is 11.8. The highest BCUT2D eigenvalue weighted by molar-refractivity contribution is 6.35. The van der Waals surface area contributed by atoms with Gasteiger partial charge in [0.25, 0.3) is 5.91 Å². The van der Waals surface area contributed by atoms with E-state index in [-0.39, 0.29) is 17.8 Å². The lowest BCUT2D eigenvalue weighted by Gasteiger charge is -2.31. The fourth-order valence-corrected chi connectivity index (χ4v) is 2.91. The molecule has 1 unspecified atom stereocenters. The number of halogens is 2. The number of hydrogen-bond acceptors (Lipinski definition) is 3. The van der Waals surface area contributed by atoms with Gasteiger partial charge in [-0.25, -0.2) is 0 Å². The summed E-state index contributed by atoms with van der Waals surface area (Å²) in [4.78, 5) is 25.6. The Morgan fingerprint density at radius 3 is 2.50 bits per heavy atom. The SMILES string of the molecule is COC(=O)C1CCCN(C(=O)c2cc(Cl)cc(Cl)c2)C1. The van der Waals surface area contributed by atoms with Gasteiger partial charge in [0.05, 0.1) is 13.0 Å². The number of ether oxygens (including phenoxy) is 1. The Hall–Kier alpha value is -1.26. The number of piperidine rings is 1. The summed E-state index contributed by atoms with van der Waals surface area (Å²) in [6, 6.07) is 4.74. The number of carbonyl (C=O) groups is 2. The summed E-state index contributed by atoms with van der Waals surface area (Å²) < 4.78 is 4.74. The molecule has 1 amide bonds. The number of hydrogen-bond donors (Lipinski definition) is 0. The average Bonchev–Trinajstić information content (AvgIpc) is 2.44. The van der Waals surface area contributed by atoms with Crippen molar-refractivity contribution in [3.8, 4) is 0 Å². The fraction of sp³-hybridized carbons (Fsp3) is 0.429. The molecule has 0 aromatic heterocycles. The first kappa shape index (κ1) is 15.1. The van der Waals surface area contributed by atoms with Gasteiger partial charge in [0.1, 0.15) is 0 Å². The highest BCUT2D eigenvalue weighted by Crippen LogP contribution is 2.23. The molecule has 4 nitrogen and oxygen atoms in total. The van der Waals surface area contributed by atoms with Crippen LogP contribution in [0.3, 0.4) is 0 Å². The normalized spacial score (nSPS) is 18.8. The number of likely N-dealkylation sites (tertiary alicyclic amines) is 1. The van der Waals surface area contributed by atoms with Crippen LogP contribution in [0, 0.1) is 5.92 Å². The van der Waals surface area contributed by atoms with E-state index < -0.39 is 0 Å². The molecular weight excluding hydrogens is 301 g/mol. The highest BCUT2D eigenvalue weighted by atomic mass is 35.5. The number of amides is 1. The molecule has 0 N–H and O–H groups in total. The lowest BCUT2D eigenvalue weighted by Crippen LogP contribution is -2.42. The molecule has 1 aliphatic heterocycles. The summed E-state index contributed by atoms with van der Waals surface area (Å²) in [5, 5.41) is 0.838. The van der Waals surface area contributed by atoms with Gasteiger partial charge in [0.15, 0.2) is 0 Å². The molecule has 6 heteroatoms. The summed E-state index contributed by atoms with van der Waals surface area (Å²) in [7, 11) is 1.36. The second-order valence-electron chi connectivity index (χ2n) is 4.77. The number of carbonyl (C=O) groups excluding carboxylic acids is 2. The van der Waals surface area contributed by atoms with E-state index in [1.807, 2.05) is 0 Å². The third-order valence-electron chi connectivity index (χ3n) is 3.35. The van der Waals surface area contributed by atoms with E-state index in [1.54, 1.807) is 23.1 Å².